The molecule has 0 unspecified atom stereocenters. The summed E-state index contributed by atoms with van der Waals surface area (Å²) in [7, 11) is 0. The number of hydrogen-bond donors (Lipinski definition) is 1. The van der Waals surface area contributed by atoms with Crippen molar-refractivity contribution in [1.82, 2.24) is 0 Å². The molecule has 0 radical (unpaired) electrons. The molecule has 0 aliphatic carbocycles. The Morgan fingerprint density at radius 1 is 0.806 bits per heavy atom. The summed E-state index contributed by atoms with van der Waals surface area (Å²) in [4.78, 5) is 11.6. The number of esters is 1. The minimum atomic E-state index is -0.357. The Morgan fingerprint density at radius 2 is 1.50 bits per heavy atom. The molecular weight excluding hydrogens is 444 g/mol. The molecule has 0 heterocycles. The number of ether oxygens (including phenoxy) is 1. The van der Waals surface area contributed by atoms with E-state index in [4.69, 9.17) is 4.74 Å². The van der Waals surface area contributed by atoms with Crippen LogP contribution < -0.4 is 0 Å². The predicted molar refractivity (Wildman–Crippen MR) is 150 cm³/mol. The molecule has 0 aliphatic heterocycles. The van der Waals surface area contributed by atoms with Gasteiger partial charge in [-0.05, 0) is 83.5 Å². The second kappa shape index (κ2) is 13.8. The number of benzene rings is 3. The topological polar surface area (TPSA) is 46.5 Å². The van der Waals surface area contributed by atoms with Crippen LogP contribution in [0.15, 0.2) is 72.8 Å². The van der Waals surface area contributed by atoms with Gasteiger partial charge in [0.05, 0.1) is 13.2 Å². The maximum Gasteiger partial charge on any atom is 0.333 e. The first-order valence-electron chi connectivity index (χ1n) is 13.2. The monoisotopic (exact) mass is 484 g/mol. The van der Waals surface area contributed by atoms with E-state index in [1.54, 1.807) is 6.92 Å². The number of unbranched alkanes of at least 4 members (excludes halogenated alkanes) is 2. The van der Waals surface area contributed by atoms with Gasteiger partial charge in [0.2, 0.25) is 0 Å². The summed E-state index contributed by atoms with van der Waals surface area (Å²) in [6.45, 7) is 10.0. The molecule has 0 saturated carbocycles. The van der Waals surface area contributed by atoms with Gasteiger partial charge in [-0.25, -0.2) is 4.79 Å². The minimum Gasteiger partial charge on any atom is -0.462 e. The summed E-state index contributed by atoms with van der Waals surface area (Å²) in [5.74, 6) is -0.357. The zero-order valence-corrected chi connectivity index (χ0v) is 22.1. The molecule has 3 rings (SSSR count). The number of rotatable bonds is 13. The fraction of sp³-hybridized carbons (Fsp3) is 0.364. The first-order valence-corrected chi connectivity index (χ1v) is 13.2. The van der Waals surface area contributed by atoms with Crippen LogP contribution in [-0.4, -0.2) is 17.7 Å². The van der Waals surface area contributed by atoms with Gasteiger partial charge in [-0.3, -0.25) is 0 Å². The van der Waals surface area contributed by atoms with Crippen LogP contribution >= 0.6 is 0 Å². The molecule has 0 amide bonds. The standard InChI is InChI=1S/C33H40O3/c1-5-7-8-10-25-12-14-27(15-13-25)29-18-19-32(26(6-2)21-29)30-16-17-31(23-34)28(22-30)11-9-20-36-33(35)24(3)4/h12-19,21-22,34H,3,5-11,20,23H2,1-2,4H3. The highest BCUT2D eigenvalue weighted by Gasteiger charge is 2.11. The van der Waals surface area contributed by atoms with Crippen LogP contribution in [0.5, 0.6) is 0 Å². The maximum atomic E-state index is 11.6. The lowest BCUT2D eigenvalue weighted by Gasteiger charge is -2.15. The summed E-state index contributed by atoms with van der Waals surface area (Å²) < 4.78 is 5.24. The Kier molecular flexibility index (Phi) is 10.5. The zero-order chi connectivity index (χ0) is 25.9. The Labute approximate surface area is 216 Å². The lowest BCUT2D eigenvalue weighted by Crippen LogP contribution is -2.07. The first-order chi connectivity index (χ1) is 17.5. The molecular formula is C33H40O3. The van der Waals surface area contributed by atoms with Crippen molar-refractivity contribution in [1.29, 1.82) is 0 Å². The molecule has 0 bridgehead atoms. The van der Waals surface area contributed by atoms with Gasteiger partial charge in [-0.1, -0.05) is 93.9 Å². The second-order valence-corrected chi connectivity index (χ2v) is 9.54. The molecule has 3 aromatic carbocycles. The van der Waals surface area contributed by atoms with E-state index in [9.17, 15) is 9.90 Å². The van der Waals surface area contributed by atoms with E-state index in [0.29, 0.717) is 18.6 Å². The Morgan fingerprint density at radius 3 is 2.17 bits per heavy atom. The van der Waals surface area contributed by atoms with Crippen molar-refractivity contribution in [2.24, 2.45) is 0 Å². The number of aliphatic hydroxyl groups excluding tert-OH is 1. The first kappa shape index (κ1) is 27.4. The van der Waals surface area contributed by atoms with Crippen LogP contribution in [0.25, 0.3) is 22.3 Å². The third-order valence-corrected chi connectivity index (χ3v) is 6.70. The number of carbonyl (C=O) groups is 1. The lowest BCUT2D eigenvalue weighted by molar-refractivity contribution is -0.139. The predicted octanol–water partition coefficient (Wildman–Crippen LogP) is 7.86. The van der Waals surface area contributed by atoms with Gasteiger partial charge in [0.25, 0.3) is 0 Å². The fourth-order valence-electron chi connectivity index (χ4n) is 4.52. The molecule has 0 aliphatic rings. The Balaban J connectivity index is 1.77. The van der Waals surface area contributed by atoms with Crippen LogP contribution in [-0.2, 0) is 35.4 Å². The fourth-order valence-corrected chi connectivity index (χ4v) is 4.52. The Bertz CT molecular complexity index is 1160. The van der Waals surface area contributed by atoms with Crippen molar-refractivity contribution in [3.63, 3.8) is 0 Å². The van der Waals surface area contributed by atoms with Crippen LogP contribution in [0, 0.1) is 0 Å². The van der Waals surface area contributed by atoms with Crippen LogP contribution in [0.4, 0.5) is 0 Å². The van der Waals surface area contributed by atoms with Gasteiger partial charge in [0.1, 0.15) is 0 Å². The summed E-state index contributed by atoms with van der Waals surface area (Å²) in [6.07, 6.45) is 7.30. The largest absolute Gasteiger partial charge is 0.462 e. The van der Waals surface area contributed by atoms with Crippen molar-refractivity contribution in [2.75, 3.05) is 6.61 Å². The number of hydrogen-bond acceptors (Lipinski definition) is 3. The van der Waals surface area contributed by atoms with Crippen LogP contribution in [0.1, 0.15) is 68.7 Å². The summed E-state index contributed by atoms with van der Waals surface area (Å²) in [6, 6.07) is 22.0. The average Bonchev–Trinajstić information content (AvgIpc) is 2.91. The molecule has 0 spiro atoms. The van der Waals surface area contributed by atoms with Gasteiger partial charge >= 0.3 is 5.97 Å². The molecule has 190 valence electrons. The number of aliphatic hydroxyl groups is 1. The van der Waals surface area contributed by atoms with E-state index in [1.165, 1.54) is 47.1 Å². The summed E-state index contributed by atoms with van der Waals surface area (Å²) >= 11 is 0. The van der Waals surface area contributed by atoms with Gasteiger partial charge in [-0.2, -0.15) is 0 Å². The van der Waals surface area contributed by atoms with Crippen molar-refractivity contribution in [2.45, 2.75) is 72.3 Å². The van der Waals surface area contributed by atoms with Crippen molar-refractivity contribution in [3.05, 3.63) is 95.1 Å². The maximum absolute atomic E-state index is 11.6. The van der Waals surface area contributed by atoms with Crippen LogP contribution in [0.3, 0.4) is 0 Å². The molecule has 1 N–H and O–H groups in total. The van der Waals surface area contributed by atoms with E-state index in [-0.39, 0.29) is 12.6 Å². The van der Waals surface area contributed by atoms with E-state index in [2.05, 4.69) is 75.0 Å². The van der Waals surface area contributed by atoms with E-state index >= 15 is 0 Å². The molecule has 0 fully saturated rings. The molecule has 0 aromatic heterocycles. The summed E-state index contributed by atoms with van der Waals surface area (Å²) in [5, 5.41) is 9.84. The molecule has 0 saturated heterocycles. The van der Waals surface area contributed by atoms with Gasteiger partial charge in [-0.15, -0.1) is 0 Å². The van der Waals surface area contributed by atoms with E-state index in [0.717, 1.165) is 36.0 Å². The lowest BCUT2D eigenvalue weighted by atomic mass is 9.91. The highest BCUT2D eigenvalue weighted by atomic mass is 16.5. The van der Waals surface area contributed by atoms with E-state index in [1.807, 2.05) is 6.07 Å². The van der Waals surface area contributed by atoms with Crippen LogP contribution in [0.2, 0.25) is 0 Å². The molecule has 36 heavy (non-hydrogen) atoms. The van der Waals surface area contributed by atoms with Gasteiger partial charge in [0.15, 0.2) is 0 Å². The molecule has 3 aromatic rings. The smallest absolute Gasteiger partial charge is 0.333 e. The van der Waals surface area contributed by atoms with Gasteiger partial charge in [0, 0.05) is 5.57 Å². The van der Waals surface area contributed by atoms with Crippen molar-refractivity contribution < 1.29 is 14.6 Å². The quantitative estimate of drug-likeness (QED) is 0.153. The third kappa shape index (κ3) is 7.41. The SMILES string of the molecule is C=C(C)C(=O)OCCCc1cc(-c2ccc(-c3ccc(CCCCC)cc3)cc2CC)ccc1CO. The second-order valence-electron chi connectivity index (χ2n) is 9.54. The number of aryl methyl sites for hydroxylation is 3. The number of carbonyl (C=O) groups excluding carboxylic acids is 1. The minimum absolute atomic E-state index is 0.00478. The van der Waals surface area contributed by atoms with Crippen molar-refractivity contribution in [3.8, 4) is 22.3 Å². The molecule has 3 nitrogen and oxygen atoms in total. The third-order valence-electron chi connectivity index (χ3n) is 6.70. The zero-order valence-electron chi connectivity index (χ0n) is 22.1. The van der Waals surface area contributed by atoms with E-state index < -0.39 is 0 Å². The van der Waals surface area contributed by atoms with Crippen molar-refractivity contribution >= 4 is 5.97 Å². The highest BCUT2D eigenvalue weighted by Crippen LogP contribution is 2.31. The molecule has 0 atom stereocenters. The highest BCUT2D eigenvalue weighted by molar-refractivity contribution is 5.86. The molecule has 3 heteroatoms. The summed E-state index contributed by atoms with van der Waals surface area (Å²) in [5.41, 5.74) is 9.98. The Hall–Kier alpha value is -3.17. The average molecular weight is 485 g/mol. The van der Waals surface area contributed by atoms with Gasteiger partial charge < -0.3 is 9.84 Å². The normalized spacial score (nSPS) is 10.9.